The van der Waals surface area contributed by atoms with Gasteiger partial charge in [0, 0.05) is 38.6 Å². The molecule has 18 heavy (non-hydrogen) atoms. The minimum atomic E-state index is -0.0716. The predicted molar refractivity (Wildman–Crippen MR) is 71.8 cm³/mol. The fourth-order valence-electron chi connectivity index (χ4n) is 2.06. The number of carbonyl (C=O) groups excluding carboxylic acids is 1. The molecule has 1 unspecified atom stereocenters. The van der Waals surface area contributed by atoms with Gasteiger partial charge in [0.2, 0.25) is 0 Å². The molecule has 5 heteroatoms. The summed E-state index contributed by atoms with van der Waals surface area (Å²) in [7, 11) is 3.46. The monoisotopic (exact) mass is 248 g/mol. The van der Waals surface area contributed by atoms with Crippen LogP contribution in [-0.4, -0.2) is 49.0 Å². The topological polar surface area (TPSA) is 57.3 Å². The summed E-state index contributed by atoms with van der Waals surface area (Å²) in [5.41, 5.74) is 1.42. The molecule has 1 atom stereocenters. The third-order valence-corrected chi connectivity index (χ3v) is 3.10. The molecule has 1 fully saturated rings. The van der Waals surface area contributed by atoms with E-state index in [4.69, 9.17) is 0 Å². The molecule has 1 aromatic rings. The zero-order chi connectivity index (χ0) is 13.0. The third kappa shape index (κ3) is 3.20. The van der Waals surface area contributed by atoms with Gasteiger partial charge in [0.1, 0.15) is 5.69 Å². The molecule has 0 aliphatic carbocycles. The van der Waals surface area contributed by atoms with Crippen LogP contribution in [-0.2, 0) is 0 Å². The van der Waals surface area contributed by atoms with Crippen LogP contribution in [0.3, 0.4) is 0 Å². The van der Waals surface area contributed by atoms with E-state index in [1.165, 1.54) is 17.7 Å². The summed E-state index contributed by atoms with van der Waals surface area (Å²) >= 11 is 0. The molecule has 98 valence electrons. The van der Waals surface area contributed by atoms with Gasteiger partial charge in [0.15, 0.2) is 0 Å². The van der Waals surface area contributed by atoms with E-state index in [-0.39, 0.29) is 5.91 Å². The molecule has 2 heterocycles. The molecular formula is C13H20N4O. The lowest BCUT2D eigenvalue weighted by Gasteiger charge is -2.14. The zero-order valence-electron chi connectivity index (χ0n) is 10.9. The lowest BCUT2D eigenvalue weighted by Crippen LogP contribution is -2.29. The van der Waals surface area contributed by atoms with Crippen molar-refractivity contribution >= 4 is 11.6 Å². The molecular weight excluding hydrogens is 228 g/mol. The molecule has 1 saturated heterocycles. The van der Waals surface area contributed by atoms with E-state index in [0.717, 1.165) is 18.8 Å². The van der Waals surface area contributed by atoms with Crippen molar-refractivity contribution in [2.75, 3.05) is 32.5 Å². The minimum Gasteiger partial charge on any atom is -0.383 e. The molecule has 0 bridgehead atoms. The van der Waals surface area contributed by atoms with Crippen molar-refractivity contribution in [2.45, 2.75) is 18.9 Å². The first-order valence-corrected chi connectivity index (χ1v) is 6.32. The minimum absolute atomic E-state index is 0.0716. The van der Waals surface area contributed by atoms with E-state index in [2.05, 4.69) is 15.6 Å². The predicted octanol–water partition coefficient (Wildman–Crippen LogP) is 0.947. The van der Waals surface area contributed by atoms with E-state index in [1.807, 2.05) is 6.07 Å². The first-order valence-electron chi connectivity index (χ1n) is 6.32. The van der Waals surface area contributed by atoms with Crippen LogP contribution in [0.15, 0.2) is 18.3 Å². The summed E-state index contributed by atoms with van der Waals surface area (Å²) in [5, 5.41) is 6.78. The number of carbonyl (C=O) groups is 1. The Hall–Kier alpha value is -1.62. The Morgan fingerprint density at radius 1 is 1.61 bits per heavy atom. The molecule has 0 aromatic carbocycles. The second-order valence-corrected chi connectivity index (χ2v) is 4.80. The molecule has 0 spiro atoms. The molecule has 2 N–H and O–H groups in total. The second-order valence-electron chi connectivity index (χ2n) is 4.80. The quantitative estimate of drug-likeness (QED) is 0.833. The van der Waals surface area contributed by atoms with Crippen LogP contribution in [0.2, 0.25) is 0 Å². The molecule has 1 aromatic heterocycles. The summed E-state index contributed by atoms with van der Waals surface area (Å²) in [6.07, 6.45) is 4.12. The van der Waals surface area contributed by atoms with Crippen molar-refractivity contribution in [1.29, 1.82) is 0 Å². The van der Waals surface area contributed by atoms with Gasteiger partial charge in [-0.15, -0.1) is 0 Å². The van der Waals surface area contributed by atoms with Crippen molar-refractivity contribution < 1.29 is 4.79 Å². The lowest BCUT2D eigenvalue weighted by atomic mass is 10.2. The number of aromatic nitrogens is 1. The van der Waals surface area contributed by atoms with Gasteiger partial charge >= 0.3 is 0 Å². The summed E-state index contributed by atoms with van der Waals surface area (Å²) in [5.74, 6) is -0.0716. The lowest BCUT2D eigenvalue weighted by molar-refractivity contribution is 0.0822. The number of nitrogens with one attached hydrogen (secondary N) is 2. The smallest absolute Gasteiger partial charge is 0.272 e. The SMILES string of the molecule is CN(C)C(=O)c1cc(NCC2CCCN2)ccn1. The third-order valence-electron chi connectivity index (χ3n) is 3.10. The van der Waals surface area contributed by atoms with Gasteiger partial charge < -0.3 is 15.5 Å². The van der Waals surface area contributed by atoms with Crippen LogP contribution >= 0.6 is 0 Å². The molecule has 0 radical (unpaired) electrons. The van der Waals surface area contributed by atoms with Crippen LogP contribution in [0, 0.1) is 0 Å². The fourth-order valence-corrected chi connectivity index (χ4v) is 2.06. The van der Waals surface area contributed by atoms with Gasteiger partial charge in [-0.05, 0) is 31.5 Å². The number of rotatable bonds is 4. The van der Waals surface area contributed by atoms with Crippen molar-refractivity contribution in [2.24, 2.45) is 0 Å². The number of hydrogen-bond donors (Lipinski definition) is 2. The summed E-state index contributed by atoms with van der Waals surface area (Å²) in [6, 6.07) is 4.23. The zero-order valence-corrected chi connectivity index (χ0v) is 10.9. The number of hydrogen-bond acceptors (Lipinski definition) is 4. The van der Waals surface area contributed by atoms with Crippen molar-refractivity contribution in [3.05, 3.63) is 24.0 Å². The normalized spacial score (nSPS) is 18.7. The molecule has 1 aliphatic heterocycles. The Morgan fingerprint density at radius 2 is 2.44 bits per heavy atom. The average Bonchev–Trinajstić information content (AvgIpc) is 2.89. The van der Waals surface area contributed by atoms with E-state index in [0.29, 0.717) is 11.7 Å². The van der Waals surface area contributed by atoms with Crippen LogP contribution in [0.1, 0.15) is 23.3 Å². The Labute approximate surface area is 108 Å². The molecule has 2 rings (SSSR count). The maximum Gasteiger partial charge on any atom is 0.272 e. The number of nitrogens with zero attached hydrogens (tertiary/aromatic N) is 2. The maximum atomic E-state index is 11.8. The Balaban J connectivity index is 1.96. The van der Waals surface area contributed by atoms with Crippen molar-refractivity contribution in [3.8, 4) is 0 Å². The average molecular weight is 248 g/mol. The van der Waals surface area contributed by atoms with Gasteiger partial charge in [0.25, 0.3) is 5.91 Å². The highest BCUT2D eigenvalue weighted by Gasteiger charge is 2.14. The van der Waals surface area contributed by atoms with E-state index < -0.39 is 0 Å². The highest BCUT2D eigenvalue weighted by atomic mass is 16.2. The van der Waals surface area contributed by atoms with Gasteiger partial charge in [-0.25, -0.2) is 0 Å². The summed E-state index contributed by atoms with van der Waals surface area (Å²) < 4.78 is 0. The van der Waals surface area contributed by atoms with Crippen LogP contribution in [0.25, 0.3) is 0 Å². The van der Waals surface area contributed by atoms with Gasteiger partial charge in [-0.2, -0.15) is 0 Å². The Kier molecular flexibility index (Phi) is 4.15. The van der Waals surface area contributed by atoms with Crippen LogP contribution in [0.4, 0.5) is 5.69 Å². The largest absolute Gasteiger partial charge is 0.383 e. The summed E-state index contributed by atoms with van der Waals surface area (Å²) in [4.78, 5) is 17.4. The fraction of sp³-hybridized carbons (Fsp3) is 0.538. The van der Waals surface area contributed by atoms with Crippen molar-refractivity contribution in [1.82, 2.24) is 15.2 Å². The molecule has 1 amide bonds. The number of pyridine rings is 1. The van der Waals surface area contributed by atoms with Gasteiger partial charge in [-0.1, -0.05) is 0 Å². The highest BCUT2D eigenvalue weighted by molar-refractivity contribution is 5.92. The first-order chi connectivity index (χ1) is 8.66. The van der Waals surface area contributed by atoms with Crippen LogP contribution in [0.5, 0.6) is 0 Å². The molecule has 0 saturated carbocycles. The standard InChI is InChI=1S/C13H20N4O/c1-17(2)13(18)12-8-10(5-7-15-12)16-9-11-4-3-6-14-11/h5,7-8,11,14H,3-4,6,9H2,1-2H3,(H,15,16). The first kappa shape index (κ1) is 12.8. The Bertz CT molecular complexity index is 413. The second kappa shape index (κ2) is 5.82. The number of anilines is 1. The Morgan fingerprint density at radius 3 is 3.11 bits per heavy atom. The van der Waals surface area contributed by atoms with Gasteiger partial charge in [0.05, 0.1) is 0 Å². The van der Waals surface area contributed by atoms with E-state index in [1.54, 1.807) is 26.4 Å². The molecule has 5 nitrogen and oxygen atoms in total. The van der Waals surface area contributed by atoms with E-state index >= 15 is 0 Å². The highest BCUT2D eigenvalue weighted by Crippen LogP contribution is 2.11. The van der Waals surface area contributed by atoms with Crippen molar-refractivity contribution in [3.63, 3.8) is 0 Å². The van der Waals surface area contributed by atoms with Gasteiger partial charge in [-0.3, -0.25) is 9.78 Å². The summed E-state index contributed by atoms with van der Waals surface area (Å²) in [6.45, 7) is 1.99. The maximum absolute atomic E-state index is 11.8. The van der Waals surface area contributed by atoms with E-state index in [9.17, 15) is 4.79 Å². The number of amides is 1. The van der Waals surface area contributed by atoms with Crippen LogP contribution < -0.4 is 10.6 Å². The molecule has 1 aliphatic rings.